The summed E-state index contributed by atoms with van der Waals surface area (Å²) in [6.45, 7) is 0. The summed E-state index contributed by atoms with van der Waals surface area (Å²) in [5.74, 6) is 0.376. The summed E-state index contributed by atoms with van der Waals surface area (Å²) in [5.41, 5.74) is 1.10. The zero-order chi connectivity index (χ0) is 19.3. The van der Waals surface area contributed by atoms with E-state index in [0.29, 0.717) is 22.2 Å². The lowest BCUT2D eigenvalue weighted by atomic mass is 10.2. The molecule has 3 N–H and O–H groups in total. The van der Waals surface area contributed by atoms with Gasteiger partial charge in [0.05, 0.1) is 16.3 Å². The van der Waals surface area contributed by atoms with Gasteiger partial charge in [0.15, 0.2) is 0 Å². The summed E-state index contributed by atoms with van der Waals surface area (Å²) < 4.78 is 23.1. The van der Waals surface area contributed by atoms with Crippen molar-refractivity contribution in [3.05, 3.63) is 47.5 Å². The van der Waals surface area contributed by atoms with Crippen LogP contribution in [0.4, 0.5) is 11.4 Å². The molecular formula is C17H20ClN3O3S2. The molecule has 0 aliphatic carbocycles. The highest BCUT2D eigenvalue weighted by Gasteiger charge is 2.14. The number of hydrogen-bond acceptors (Lipinski definition) is 5. The predicted octanol–water partition coefficient (Wildman–Crippen LogP) is 3.17. The molecule has 0 aliphatic heterocycles. The van der Waals surface area contributed by atoms with Crippen molar-refractivity contribution in [2.24, 2.45) is 5.14 Å². The minimum absolute atomic E-state index is 0.0473. The maximum absolute atomic E-state index is 12.2. The first-order valence-electron chi connectivity index (χ1n) is 7.69. The zero-order valence-electron chi connectivity index (χ0n) is 14.4. The number of amides is 1. The van der Waals surface area contributed by atoms with E-state index in [2.05, 4.69) is 5.32 Å². The van der Waals surface area contributed by atoms with E-state index in [1.807, 2.05) is 12.1 Å². The Bertz CT molecular complexity index is 885. The van der Waals surface area contributed by atoms with Gasteiger partial charge >= 0.3 is 0 Å². The third-order valence-corrected chi connectivity index (χ3v) is 5.64. The Morgan fingerprint density at radius 2 is 1.85 bits per heavy atom. The first kappa shape index (κ1) is 20.6. The molecule has 2 rings (SSSR count). The fourth-order valence-corrected chi connectivity index (χ4v) is 3.70. The molecule has 9 heteroatoms. The van der Waals surface area contributed by atoms with E-state index in [9.17, 15) is 13.2 Å². The Kier molecular flexibility index (Phi) is 6.94. The van der Waals surface area contributed by atoms with Crippen LogP contribution in [0.1, 0.15) is 6.42 Å². The van der Waals surface area contributed by atoms with Crippen molar-refractivity contribution in [2.45, 2.75) is 16.2 Å². The lowest BCUT2D eigenvalue weighted by molar-refractivity contribution is -0.115. The fourth-order valence-electron chi connectivity index (χ4n) is 2.19. The second kappa shape index (κ2) is 8.77. The Balaban J connectivity index is 2.03. The number of benzene rings is 2. The Morgan fingerprint density at radius 1 is 1.19 bits per heavy atom. The van der Waals surface area contributed by atoms with Gasteiger partial charge in [-0.2, -0.15) is 0 Å². The van der Waals surface area contributed by atoms with Crippen molar-refractivity contribution in [3.8, 4) is 0 Å². The zero-order valence-corrected chi connectivity index (χ0v) is 16.8. The number of nitrogens with one attached hydrogen (secondary N) is 1. The number of nitrogens with zero attached hydrogens (tertiary/aromatic N) is 1. The molecule has 0 bridgehead atoms. The molecule has 2 aromatic carbocycles. The van der Waals surface area contributed by atoms with Crippen molar-refractivity contribution in [3.63, 3.8) is 0 Å². The molecule has 0 spiro atoms. The summed E-state index contributed by atoms with van der Waals surface area (Å²) in [7, 11) is -0.238. The Labute approximate surface area is 162 Å². The maximum Gasteiger partial charge on any atom is 0.238 e. The minimum atomic E-state index is -3.84. The van der Waals surface area contributed by atoms with Crippen LogP contribution >= 0.6 is 23.4 Å². The maximum atomic E-state index is 12.2. The average Bonchev–Trinajstić information content (AvgIpc) is 2.55. The number of anilines is 2. The highest BCUT2D eigenvalue weighted by atomic mass is 35.5. The van der Waals surface area contributed by atoms with Crippen LogP contribution < -0.4 is 15.4 Å². The number of carbonyl (C=O) groups excluding carboxylic acids is 1. The quantitative estimate of drug-likeness (QED) is 0.680. The number of primary sulfonamides is 1. The van der Waals surface area contributed by atoms with E-state index < -0.39 is 10.0 Å². The van der Waals surface area contributed by atoms with Crippen LogP contribution in [-0.2, 0) is 14.8 Å². The van der Waals surface area contributed by atoms with Gasteiger partial charge in [-0.15, -0.1) is 11.8 Å². The van der Waals surface area contributed by atoms with Crippen molar-refractivity contribution in [1.29, 1.82) is 0 Å². The van der Waals surface area contributed by atoms with Crippen LogP contribution in [0.3, 0.4) is 0 Å². The SMILES string of the molecule is CN(C)c1ccc(S(N)(=O)=O)cc1NC(=O)CCSc1ccc(Cl)cc1. The predicted molar refractivity (Wildman–Crippen MR) is 108 cm³/mol. The molecule has 0 saturated carbocycles. The molecule has 140 valence electrons. The summed E-state index contributed by atoms with van der Waals surface area (Å²) in [6, 6.07) is 11.8. The molecule has 0 unspecified atom stereocenters. The van der Waals surface area contributed by atoms with E-state index in [-0.39, 0.29) is 17.2 Å². The Morgan fingerprint density at radius 3 is 2.42 bits per heavy atom. The standard InChI is InChI=1S/C17H20ClN3O3S2/c1-21(2)16-8-7-14(26(19,23)24)11-15(16)20-17(22)9-10-25-13-5-3-12(18)4-6-13/h3-8,11H,9-10H2,1-2H3,(H,20,22)(H2,19,23,24). The number of hydrogen-bond donors (Lipinski definition) is 2. The molecule has 2 aromatic rings. The van der Waals surface area contributed by atoms with Crippen molar-refractivity contribution >= 4 is 50.7 Å². The van der Waals surface area contributed by atoms with Crippen LogP contribution in [0.2, 0.25) is 5.02 Å². The molecule has 6 nitrogen and oxygen atoms in total. The molecule has 0 radical (unpaired) electrons. The van der Waals surface area contributed by atoms with Gasteiger partial charge in [0, 0.05) is 36.2 Å². The van der Waals surface area contributed by atoms with E-state index in [1.54, 1.807) is 49.0 Å². The number of sulfonamides is 1. The van der Waals surface area contributed by atoms with Gasteiger partial charge in [-0.05, 0) is 42.5 Å². The van der Waals surface area contributed by atoms with E-state index >= 15 is 0 Å². The van der Waals surface area contributed by atoms with Crippen LogP contribution in [0, 0.1) is 0 Å². The lowest BCUT2D eigenvalue weighted by Gasteiger charge is -2.18. The number of nitrogens with two attached hydrogens (primary N) is 1. The van der Waals surface area contributed by atoms with Gasteiger partial charge < -0.3 is 10.2 Å². The molecule has 0 fully saturated rings. The highest BCUT2D eigenvalue weighted by Crippen LogP contribution is 2.28. The Hall–Kier alpha value is -1.74. The number of rotatable bonds is 7. The minimum Gasteiger partial charge on any atom is -0.376 e. The molecule has 0 heterocycles. The molecule has 1 amide bonds. The van der Waals surface area contributed by atoms with Crippen molar-refractivity contribution < 1.29 is 13.2 Å². The van der Waals surface area contributed by atoms with Crippen molar-refractivity contribution in [1.82, 2.24) is 0 Å². The first-order valence-corrected chi connectivity index (χ1v) is 10.6. The number of halogens is 1. The molecule has 0 aliphatic rings. The summed E-state index contributed by atoms with van der Waals surface area (Å²) >= 11 is 7.38. The van der Waals surface area contributed by atoms with Crippen LogP contribution in [-0.4, -0.2) is 34.2 Å². The highest BCUT2D eigenvalue weighted by molar-refractivity contribution is 7.99. The lowest BCUT2D eigenvalue weighted by Crippen LogP contribution is -2.19. The van der Waals surface area contributed by atoms with Crippen LogP contribution in [0.15, 0.2) is 52.3 Å². The average molecular weight is 414 g/mol. The fraction of sp³-hybridized carbons (Fsp3) is 0.235. The van der Waals surface area contributed by atoms with Crippen LogP contribution in [0.5, 0.6) is 0 Å². The van der Waals surface area contributed by atoms with E-state index in [0.717, 1.165) is 4.90 Å². The monoisotopic (exact) mass is 413 g/mol. The second-order valence-electron chi connectivity index (χ2n) is 5.72. The number of thioether (sulfide) groups is 1. The third kappa shape index (κ3) is 5.91. The van der Waals surface area contributed by atoms with Gasteiger partial charge in [-0.1, -0.05) is 11.6 Å². The summed E-state index contributed by atoms with van der Waals surface area (Å²) in [5, 5.41) is 8.60. The van der Waals surface area contributed by atoms with Gasteiger partial charge in [0.2, 0.25) is 15.9 Å². The third-order valence-electron chi connectivity index (χ3n) is 3.46. The van der Waals surface area contributed by atoms with Gasteiger partial charge in [0.25, 0.3) is 0 Å². The van der Waals surface area contributed by atoms with Crippen LogP contribution in [0.25, 0.3) is 0 Å². The number of carbonyl (C=O) groups is 1. The molecule has 0 saturated heterocycles. The normalized spacial score (nSPS) is 11.2. The van der Waals surface area contributed by atoms with Crippen molar-refractivity contribution in [2.75, 3.05) is 30.1 Å². The largest absolute Gasteiger partial charge is 0.376 e. The summed E-state index contributed by atoms with van der Waals surface area (Å²) in [6.07, 6.45) is 0.278. The molecule has 0 atom stereocenters. The second-order valence-corrected chi connectivity index (χ2v) is 8.89. The van der Waals surface area contributed by atoms with Gasteiger partial charge in [-0.25, -0.2) is 13.6 Å². The molecular weight excluding hydrogens is 394 g/mol. The van der Waals surface area contributed by atoms with E-state index in [1.165, 1.54) is 12.1 Å². The van der Waals surface area contributed by atoms with Gasteiger partial charge in [0.1, 0.15) is 0 Å². The molecule has 0 aromatic heterocycles. The van der Waals surface area contributed by atoms with E-state index in [4.69, 9.17) is 16.7 Å². The topological polar surface area (TPSA) is 92.5 Å². The first-order chi connectivity index (χ1) is 12.2. The summed E-state index contributed by atoms with van der Waals surface area (Å²) in [4.78, 5) is 15.0. The smallest absolute Gasteiger partial charge is 0.238 e. The van der Waals surface area contributed by atoms with Gasteiger partial charge in [-0.3, -0.25) is 4.79 Å². The molecule has 26 heavy (non-hydrogen) atoms.